The monoisotopic (exact) mass is 1650 g/mol. The van der Waals surface area contributed by atoms with Crippen LogP contribution in [-0.4, -0.2) is 229 Å². The standard InChI is InChI=1S/C14H16NP.C13H22NP.C12H23O4P.2C10H21O2P.C10H23O2P.C9H19O2P.3CO2/c15-11-12-16(13-7-3-1-4-8-13)14-9-5-2-6-10-14;1-2-3-11-15(12-7-10-14)13-8-5-4-6-9-13;1-3-8-17(10-5-7-16-11-13)9-4-6-12(14)15-2;2*1-4-8-13(5-2)9-6-7-10(11)12-3;1-2-3-8-13(9-4-6-11)10-5-7-12;1-3-7-12(4-2)8-5-6-9(10)11;3*2-1-3/h1-10H,11-12,15H2;4-6,8-9H,2-3,7,10-12,14H2,1H3;11H,3-10H2,1-2H3;2*4-9H2,1-3H3;11-12H,2-10H2,1H3;3-8H2,1-2H3,(H,10,11);;;. The number of ether oxygens (including phenoxy) is 4. The molecule has 0 aliphatic rings. The van der Waals surface area contributed by atoms with Crippen LogP contribution < -0.4 is 27.4 Å². The van der Waals surface area contributed by atoms with E-state index in [2.05, 4.69) is 172 Å². The van der Waals surface area contributed by atoms with Gasteiger partial charge in [-0.25, -0.2) is 0 Å². The van der Waals surface area contributed by atoms with Crippen LogP contribution in [0, 0.1) is 0 Å². The van der Waals surface area contributed by atoms with Crippen molar-refractivity contribution in [1.29, 1.82) is 0 Å². The van der Waals surface area contributed by atoms with Crippen LogP contribution in [0.25, 0.3) is 0 Å². The number of aliphatic hydroxyl groups is 2. The second kappa shape index (κ2) is 99.1. The molecule has 0 bridgehead atoms. The van der Waals surface area contributed by atoms with E-state index in [1.807, 2.05) is 0 Å². The summed E-state index contributed by atoms with van der Waals surface area (Å²) in [4.78, 5) is 102. The Balaban J connectivity index is -0.000000217. The molecule has 7 N–H and O–H groups in total. The molecule has 0 saturated carbocycles. The molecule has 0 aromatic heterocycles. The average molecular weight is 1650 g/mol. The highest BCUT2D eigenvalue weighted by Gasteiger charge is 2.14. The lowest BCUT2D eigenvalue weighted by atomic mass is 10.3. The van der Waals surface area contributed by atoms with Gasteiger partial charge in [-0.15, -0.1) is 39.6 Å². The Morgan fingerprint density at radius 3 is 0.972 bits per heavy atom. The van der Waals surface area contributed by atoms with Gasteiger partial charge in [0.15, 0.2) is 0 Å². The van der Waals surface area contributed by atoms with E-state index in [0.717, 1.165) is 82.7 Å². The predicted molar refractivity (Wildman–Crippen MR) is 461 cm³/mol. The van der Waals surface area contributed by atoms with Crippen molar-refractivity contribution in [2.45, 2.75) is 191 Å². The summed E-state index contributed by atoms with van der Waals surface area (Å²) < 4.78 is 18.5. The Kier molecular flexibility index (Phi) is 108. The van der Waals surface area contributed by atoms with Crippen molar-refractivity contribution < 1.29 is 87.0 Å². The average Bonchev–Trinajstić information content (AvgIpc) is 0.899. The zero-order chi connectivity index (χ0) is 82.8. The topological polar surface area (TPSA) is 337 Å². The molecule has 622 valence electrons. The van der Waals surface area contributed by atoms with E-state index in [9.17, 15) is 24.0 Å². The van der Waals surface area contributed by atoms with Gasteiger partial charge in [-0.3, -0.25) is 24.0 Å². The molecular weight excluding hydrogens is 1510 g/mol. The number of benzene rings is 3. The Hall–Kier alpha value is -4.00. The summed E-state index contributed by atoms with van der Waals surface area (Å²) in [6, 6.07) is 32.3. The summed E-state index contributed by atoms with van der Waals surface area (Å²) in [5.74, 6) is -0.914. The van der Waals surface area contributed by atoms with Crippen molar-refractivity contribution in [2.24, 2.45) is 11.5 Å². The molecule has 5 atom stereocenters. The minimum atomic E-state index is -0.655. The summed E-state index contributed by atoms with van der Waals surface area (Å²) in [6.45, 7) is 23.3. The maximum Gasteiger partial charge on any atom is 0.373 e. The smallest absolute Gasteiger partial charge is 0.373 e. The molecule has 0 spiro atoms. The number of aliphatic hydroxyl groups excluding tert-OH is 2. The first-order chi connectivity index (χ1) is 52.3. The van der Waals surface area contributed by atoms with Crippen molar-refractivity contribution in [3.05, 3.63) is 91.0 Å². The molecule has 108 heavy (non-hydrogen) atoms. The fourth-order valence-electron chi connectivity index (χ4n) is 10.1. The zero-order valence-corrected chi connectivity index (χ0v) is 74.7. The first-order valence-electron chi connectivity index (χ1n) is 38.7. The number of methoxy groups -OCH3 is 3. The SMILES string of the molecule is CCCCP(CCCN)c1ccccc1.CCCCP(CCCO)CCCO.CCCP(CC)CCCC(=O)O.CCCP(CC)CCCC(=O)OC.CCCP(CC)CCCC(=O)OC.CCCP(CCCOC=O)CCCC(=O)OC.NCCP(c1ccccc1)c1ccccc1.O=C=O.O=C=O.O=C=O. The van der Waals surface area contributed by atoms with E-state index in [4.69, 9.17) is 55.6 Å². The summed E-state index contributed by atoms with van der Waals surface area (Å²) in [5, 5.41) is 30.3. The molecule has 5 unspecified atom stereocenters. The Bertz CT molecular complexity index is 2360. The second-order valence-corrected chi connectivity index (χ2v) is 42.8. The van der Waals surface area contributed by atoms with Crippen LogP contribution in [0.4, 0.5) is 0 Å². The summed E-state index contributed by atoms with van der Waals surface area (Å²) in [5.41, 5.74) is 11.3. The maximum atomic E-state index is 11.0. The van der Waals surface area contributed by atoms with Crippen molar-refractivity contribution in [3.63, 3.8) is 0 Å². The summed E-state index contributed by atoms with van der Waals surface area (Å²) in [6.07, 6.45) is 43.2. The van der Waals surface area contributed by atoms with Gasteiger partial charge in [0.1, 0.15) is 0 Å². The fourth-order valence-corrected chi connectivity index (χ4v) is 26.2. The number of unbranched alkanes of at least 4 members (excludes halogenated alkanes) is 2. The van der Waals surface area contributed by atoms with Gasteiger partial charge in [0, 0.05) is 38.9 Å². The highest BCUT2D eigenvalue weighted by molar-refractivity contribution is 7.73. The molecule has 27 heteroatoms. The Labute approximate surface area is 661 Å². The molecule has 0 aliphatic carbocycles. The van der Waals surface area contributed by atoms with Gasteiger partial charge < -0.3 is 45.7 Å². The third-order valence-corrected chi connectivity index (χ3v) is 35.4. The van der Waals surface area contributed by atoms with Gasteiger partial charge in [0.05, 0.1) is 27.9 Å². The number of nitrogens with two attached hydrogens (primary N) is 2. The van der Waals surface area contributed by atoms with Crippen LogP contribution in [-0.2, 0) is 71.7 Å². The molecule has 3 aromatic carbocycles. The highest BCUT2D eigenvalue weighted by Crippen LogP contribution is 2.41. The first kappa shape index (κ1) is 117. The minimum absolute atomic E-state index is 0.0167. The van der Waals surface area contributed by atoms with Crippen LogP contribution in [0.15, 0.2) is 91.0 Å². The van der Waals surface area contributed by atoms with E-state index >= 15 is 0 Å². The van der Waals surface area contributed by atoms with Gasteiger partial charge in [-0.1, -0.05) is 200 Å². The van der Waals surface area contributed by atoms with E-state index in [1.54, 1.807) is 5.30 Å². The number of hydrogen-bond acceptors (Lipinski definition) is 19. The van der Waals surface area contributed by atoms with Crippen LogP contribution in [0.5, 0.6) is 0 Å². The molecule has 0 heterocycles. The van der Waals surface area contributed by atoms with Crippen LogP contribution in [0.2, 0.25) is 0 Å². The van der Waals surface area contributed by atoms with Crippen molar-refractivity contribution in [1.82, 2.24) is 0 Å². The van der Waals surface area contributed by atoms with Gasteiger partial charge in [-0.05, 0) is 212 Å². The Morgan fingerprint density at radius 2 is 0.667 bits per heavy atom. The Morgan fingerprint density at radius 1 is 0.370 bits per heavy atom. The lowest BCUT2D eigenvalue weighted by Crippen LogP contribution is -2.18. The molecule has 0 amide bonds. The number of carbonyl (C=O) groups is 5. The van der Waals surface area contributed by atoms with Crippen molar-refractivity contribution in [2.75, 3.05) is 165 Å². The van der Waals surface area contributed by atoms with Crippen molar-refractivity contribution >= 4 is 120 Å². The van der Waals surface area contributed by atoms with Gasteiger partial charge >= 0.3 is 42.3 Å². The number of carboxylic acids is 1. The number of carbonyl (C=O) groups excluding carboxylic acids is 10. The minimum Gasteiger partial charge on any atom is -0.481 e. The summed E-state index contributed by atoms with van der Waals surface area (Å²) in [7, 11) is 4.74. The largest absolute Gasteiger partial charge is 0.481 e. The molecule has 3 rings (SSSR count). The van der Waals surface area contributed by atoms with E-state index in [0.29, 0.717) is 52.0 Å². The quantitative estimate of drug-likeness (QED) is 0.0115. The van der Waals surface area contributed by atoms with Crippen molar-refractivity contribution in [3.8, 4) is 0 Å². The lowest BCUT2D eigenvalue weighted by molar-refractivity contribution is -0.193. The van der Waals surface area contributed by atoms with Gasteiger partial charge in [-0.2, -0.15) is 28.8 Å². The zero-order valence-electron chi connectivity index (χ0n) is 68.4. The molecule has 3 aromatic rings. The molecule has 0 saturated heterocycles. The molecular formula is C81H145N2O18P7. The van der Waals surface area contributed by atoms with Crippen LogP contribution in [0.1, 0.15) is 191 Å². The molecule has 0 radical (unpaired) electrons. The number of hydrogen-bond donors (Lipinski definition) is 5. The number of esters is 3. The van der Waals surface area contributed by atoms with E-state index < -0.39 is 5.97 Å². The van der Waals surface area contributed by atoms with Crippen LogP contribution >= 0.6 is 55.5 Å². The highest BCUT2D eigenvalue weighted by atomic mass is 31.1. The predicted octanol–water partition coefficient (Wildman–Crippen LogP) is 16.2. The maximum absolute atomic E-state index is 11.0. The summed E-state index contributed by atoms with van der Waals surface area (Å²) >= 11 is 0. The van der Waals surface area contributed by atoms with Gasteiger partial charge in [0.2, 0.25) is 0 Å². The van der Waals surface area contributed by atoms with E-state index in [-0.39, 0.29) is 91.8 Å². The molecule has 0 fully saturated rings. The molecule has 20 nitrogen and oxygen atoms in total. The second-order valence-electron chi connectivity index (χ2n) is 24.0. The lowest BCUT2D eigenvalue weighted by Gasteiger charge is -2.17. The van der Waals surface area contributed by atoms with Crippen LogP contribution in [0.3, 0.4) is 0 Å². The third kappa shape index (κ3) is 87.6. The molecule has 0 aliphatic heterocycles. The normalized spacial score (nSPS) is 11.2. The number of carboxylic acid groups (broad SMARTS) is 1. The van der Waals surface area contributed by atoms with E-state index in [1.165, 1.54) is 176 Å². The third-order valence-electron chi connectivity index (χ3n) is 15.5. The van der Waals surface area contributed by atoms with Gasteiger partial charge in [0.25, 0.3) is 6.47 Å². The first-order valence-corrected chi connectivity index (χ1v) is 51.4. The number of rotatable bonds is 52. The number of aliphatic carboxylic acids is 1. The fraction of sp³-hybridized carbons (Fsp3) is 0.679.